The van der Waals surface area contributed by atoms with Gasteiger partial charge in [0, 0.05) is 17.3 Å². The molecule has 0 unspecified atom stereocenters. The SMILES string of the molecule is COc1ccc(-c2nn(-c3ccccc3)cc2C=C2SC(=S)N(Cc3ccco3)C2=O)cc1Cl. The molecule has 1 aliphatic heterocycles. The van der Waals surface area contributed by atoms with Crippen LogP contribution < -0.4 is 4.74 Å². The van der Waals surface area contributed by atoms with Crippen LogP contribution in [0.1, 0.15) is 11.3 Å². The Morgan fingerprint density at radius 1 is 1.18 bits per heavy atom. The summed E-state index contributed by atoms with van der Waals surface area (Å²) in [5.74, 6) is 1.08. The zero-order valence-electron chi connectivity index (χ0n) is 18.0. The second kappa shape index (κ2) is 9.50. The van der Waals surface area contributed by atoms with E-state index in [1.165, 1.54) is 16.7 Å². The normalized spacial score (nSPS) is 14.9. The number of thiocarbonyl (C=S) groups is 1. The van der Waals surface area contributed by atoms with Crippen LogP contribution in [0, 0.1) is 0 Å². The van der Waals surface area contributed by atoms with Crippen molar-refractivity contribution in [2.24, 2.45) is 0 Å². The third-order valence-electron chi connectivity index (χ3n) is 5.24. The molecule has 0 bridgehead atoms. The average Bonchev–Trinajstić information content (AvgIpc) is 3.57. The highest BCUT2D eigenvalue weighted by atomic mass is 35.5. The van der Waals surface area contributed by atoms with Gasteiger partial charge < -0.3 is 9.15 Å². The molecule has 0 aliphatic carbocycles. The van der Waals surface area contributed by atoms with Crippen LogP contribution in [0.4, 0.5) is 0 Å². The van der Waals surface area contributed by atoms with Crippen molar-refractivity contribution in [2.45, 2.75) is 6.54 Å². The van der Waals surface area contributed by atoms with Gasteiger partial charge in [0.25, 0.3) is 5.91 Å². The molecule has 9 heteroatoms. The maximum absolute atomic E-state index is 13.2. The first-order valence-electron chi connectivity index (χ1n) is 10.3. The number of ether oxygens (including phenoxy) is 1. The molecule has 0 N–H and O–H groups in total. The number of carbonyl (C=O) groups excluding carboxylic acids is 1. The van der Waals surface area contributed by atoms with Gasteiger partial charge in [-0.05, 0) is 48.5 Å². The molecule has 1 fully saturated rings. The van der Waals surface area contributed by atoms with Crippen LogP contribution in [0.15, 0.2) is 82.4 Å². The molecule has 3 heterocycles. The van der Waals surface area contributed by atoms with Crippen molar-refractivity contribution in [3.8, 4) is 22.7 Å². The van der Waals surface area contributed by atoms with Gasteiger partial charge in [-0.3, -0.25) is 9.69 Å². The summed E-state index contributed by atoms with van der Waals surface area (Å²) in [6, 6.07) is 18.9. The minimum absolute atomic E-state index is 0.169. The first-order chi connectivity index (χ1) is 16.5. The first kappa shape index (κ1) is 22.5. The van der Waals surface area contributed by atoms with E-state index in [1.807, 2.05) is 54.7 Å². The van der Waals surface area contributed by atoms with Crippen LogP contribution in [-0.2, 0) is 11.3 Å². The number of carbonyl (C=O) groups is 1. The Balaban J connectivity index is 1.55. The van der Waals surface area contributed by atoms with E-state index in [4.69, 9.17) is 38.1 Å². The zero-order chi connectivity index (χ0) is 23.7. The van der Waals surface area contributed by atoms with Gasteiger partial charge in [0.15, 0.2) is 0 Å². The number of thioether (sulfide) groups is 1. The van der Waals surface area contributed by atoms with Gasteiger partial charge in [-0.2, -0.15) is 5.10 Å². The molecule has 170 valence electrons. The molecule has 1 amide bonds. The molecule has 2 aromatic carbocycles. The maximum Gasteiger partial charge on any atom is 0.266 e. The highest BCUT2D eigenvalue weighted by Gasteiger charge is 2.33. The lowest BCUT2D eigenvalue weighted by Crippen LogP contribution is -2.27. The minimum atomic E-state index is -0.169. The zero-order valence-corrected chi connectivity index (χ0v) is 20.4. The summed E-state index contributed by atoms with van der Waals surface area (Å²) in [5.41, 5.74) is 3.15. The monoisotopic (exact) mass is 507 g/mol. The molecule has 4 aromatic rings. The molecular weight excluding hydrogens is 490 g/mol. The van der Waals surface area contributed by atoms with Crippen molar-refractivity contribution in [1.82, 2.24) is 14.7 Å². The Morgan fingerprint density at radius 3 is 2.71 bits per heavy atom. The molecule has 6 nitrogen and oxygen atoms in total. The number of aromatic nitrogens is 2. The lowest BCUT2D eigenvalue weighted by molar-refractivity contribution is -0.122. The highest BCUT2D eigenvalue weighted by Crippen LogP contribution is 2.37. The third-order valence-corrected chi connectivity index (χ3v) is 6.92. The van der Waals surface area contributed by atoms with E-state index in [2.05, 4.69) is 0 Å². The Morgan fingerprint density at radius 2 is 2.00 bits per heavy atom. The van der Waals surface area contributed by atoms with E-state index in [-0.39, 0.29) is 5.91 Å². The topological polar surface area (TPSA) is 60.5 Å². The lowest BCUT2D eigenvalue weighted by Gasteiger charge is -2.11. The average molecular weight is 508 g/mol. The summed E-state index contributed by atoms with van der Waals surface area (Å²) < 4.78 is 12.9. The molecule has 0 radical (unpaired) electrons. The van der Waals surface area contributed by atoms with E-state index in [0.29, 0.717) is 38.0 Å². The molecule has 0 saturated carbocycles. The number of rotatable bonds is 6. The Bertz CT molecular complexity index is 1400. The van der Waals surface area contributed by atoms with Crippen LogP contribution in [0.5, 0.6) is 5.75 Å². The number of hydrogen-bond donors (Lipinski definition) is 0. The Labute approximate surface area is 210 Å². The first-order valence-corrected chi connectivity index (χ1v) is 11.9. The quantitative estimate of drug-likeness (QED) is 0.229. The summed E-state index contributed by atoms with van der Waals surface area (Å²) in [6.07, 6.45) is 5.29. The number of methoxy groups -OCH3 is 1. The third kappa shape index (κ3) is 4.40. The van der Waals surface area contributed by atoms with Crippen molar-refractivity contribution < 1.29 is 13.9 Å². The van der Waals surface area contributed by atoms with Crippen LogP contribution in [-0.4, -0.2) is 32.0 Å². The molecular formula is C25H18ClN3O3S2. The molecule has 0 spiro atoms. The van der Waals surface area contributed by atoms with E-state index >= 15 is 0 Å². The van der Waals surface area contributed by atoms with E-state index in [9.17, 15) is 4.79 Å². The second-order valence-corrected chi connectivity index (χ2v) is 9.49. The van der Waals surface area contributed by atoms with Crippen molar-refractivity contribution in [1.29, 1.82) is 0 Å². The fraction of sp³-hybridized carbons (Fsp3) is 0.0800. The van der Waals surface area contributed by atoms with Gasteiger partial charge in [0.1, 0.15) is 21.5 Å². The molecule has 1 aliphatic rings. The second-order valence-electron chi connectivity index (χ2n) is 7.41. The molecule has 34 heavy (non-hydrogen) atoms. The predicted molar refractivity (Wildman–Crippen MR) is 138 cm³/mol. The van der Waals surface area contributed by atoms with Crippen LogP contribution in [0.2, 0.25) is 5.02 Å². The Kier molecular flexibility index (Phi) is 6.28. The predicted octanol–water partition coefficient (Wildman–Crippen LogP) is 6.20. The number of amides is 1. The number of halogens is 1. The van der Waals surface area contributed by atoms with E-state index in [0.717, 1.165) is 16.8 Å². The van der Waals surface area contributed by atoms with Crippen LogP contribution in [0.25, 0.3) is 23.0 Å². The minimum Gasteiger partial charge on any atom is -0.495 e. The van der Waals surface area contributed by atoms with Gasteiger partial charge in [-0.15, -0.1) is 0 Å². The van der Waals surface area contributed by atoms with Gasteiger partial charge in [-0.1, -0.05) is 53.8 Å². The highest BCUT2D eigenvalue weighted by molar-refractivity contribution is 8.26. The lowest BCUT2D eigenvalue weighted by atomic mass is 10.1. The molecule has 0 atom stereocenters. The van der Waals surface area contributed by atoms with Crippen LogP contribution >= 0.6 is 35.6 Å². The van der Waals surface area contributed by atoms with Crippen molar-refractivity contribution >= 4 is 51.9 Å². The largest absolute Gasteiger partial charge is 0.495 e. The summed E-state index contributed by atoms with van der Waals surface area (Å²) in [7, 11) is 1.57. The van der Waals surface area contributed by atoms with Gasteiger partial charge >= 0.3 is 0 Å². The number of furan rings is 1. The standard InChI is InChI=1S/C25H18ClN3O3S2/c1-31-21-10-9-16(12-20(21)26)23-17(14-29(27-23)18-6-3-2-4-7-18)13-22-24(30)28(25(33)34-22)15-19-8-5-11-32-19/h2-14H,15H2,1H3. The van der Waals surface area contributed by atoms with Crippen molar-refractivity contribution in [3.05, 3.63) is 94.4 Å². The summed E-state index contributed by atoms with van der Waals surface area (Å²) in [6.45, 7) is 0.291. The van der Waals surface area contributed by atoms with E-state index < -0.39 is 0 Å². The number of nitrogens with zero attached hydrogens (tertiary/aromatic N) is 3. The van der Waals surface area contributed by atoms with Gasteiger partial charge in [0.05, 0.1) is 35.5 Å². The maximum atomic E-state index is 13.2. The molecule has 5 rings (SSSR count). The molecule has 1 saturated heterocycles. The fourth-order valence-corrected chi connectivity index (χ4v) is 5.08. The number of para-hydroxylation sites is 1. The summed E-state index contributed by atoms with van der Waals surface area (Å²) in [4.78, 5) is 15.2. The van der Waals surface area contributed by atoms with Crippen molar-refractivity contribution in [3.63, 3.8) is 0 Å². The smallest absolute Gasteiger partial charge is 0.266 e. The number of benzene rings is 2. The van der Waals surface area contributed by atoms with Crippen LogP contribution in [0.3, 0.4) is 0 Å². The van der Waals surface area contributed by atoms with Gasteiger partial charge in [0.2, 0.25) is 0 Å². The number of hydrogen-bond acceptors (Lipinski definition) is 6. The summed E-state index contributed by atoms with van der Waals surface area (Å²) in [5, 5.41) is 5.28. The fourth-order valence-electron chi connectivity index (χ4n) is 3.58. The van der Waals surface area contributed by atoms with Gasteiger partial charge in [-0.25, -0.2) is 4.68 Å². The Hall–Kier alpha value is -3.33. The van der Waals surface area contributed by atoms with E-state index in [1.54, 1.807) is 36.3 Å². The van der Waals surface area contributed by atoms with Crippen molar-refractivity contribution in [2.75, 3.05) is 7.11 Å². The molecule has 2 aromatic heterocycles. The summed E-state index contributed by atoms with van der Waals surface area (Å²) >= 11 is 13.1.